The van der Waals surface area contributed by atoms with E-state index in [1.807, 2.05) is 0 Å². The van der Waals surface area contributed by atoms with E-state index in [9.17, 15) is 0 Å². The minimum Gasteiger partial charge on any atom is -0.384 e. The fourth-order valence-electron chi connectivity index (χ4n) is 2.02. The average molecular weight is 263 g/mol. The number of nitrogens with zero attached hydrogens (tertiary/aromatic N) is 1. The van der Waals surface area contributed by atoms with E-state index in [2.05, 4.69) is 74.4 Å². The molecule has 0 aliphatic rings. The van der Waals surface area contributed by atoms with Crippen molar-refractivity contribution in [2.24, 2.45) is 0 Å². The molecule has 0 radical (unpaired) electrons. The Hall–Kier alpha value is -1.22. The van der Waals surface area contributed by atoms with Crippen molar-refractivity contribution in [2.75, 3.05) is 36.4 Å². The lowest BCUT2D eigenvalue weighted by atomic mass is 10.1. The standard InChI is InChI=1S/C16H29N3/c1-6-19(7-2)15-10-8-14(9-11-15)17-12-13-18-16(3,4)5/h8-11,17-18H,6-7,12-13H2,1-5H3. The summed E-state index contributed by atoms with van der Waals surface area (Å²) in [7, 11) is 0. The molecule has 1 aromatic rings. The molecule has 19 heavy (non-hydrogen) atoms. The van der Waals surface area contributed by atoms with Crippen LogP contribution in [0.15, 0.2) is 24.3 Å². The van der Waals surface area contributed by atoms with Crippen molar-refractivity contribution < 1.29 is 0 Å². The summed E-state index contributed by atoms with van der Waals surface area (Å²) in [6.45, 7) is 15.0. The second kappa shape index (κ2) is 7.39. The van der Waals surface area contributed by atoms with E-state index in [1.54, 1.807) is 0 Å². The van der Waals surface area contributed by atoms with Gasteiger partial charge in [0.1, 0.15) is 0 Å². The van der Waals surface area contributed by atoms with Gasteiger partial charge in [-0.3, -0.25) is 0 Å². The van der Waals surface area contributed by atoms with Gasteiger partial charge in [-0.15, -0.1) is 0 Å². The maximum atomic E-state index is 3.47. The Morgan fingerprint density at radius 3 is 2.00 bits per heavy atom. The number of rotatable bonds is 7. The first kappa shape index (κ1) is 15.8. The minimum absolute atomic E-state index is 0.189. The molecule has 0 unspecified atom stereocenters. The third-order valence-electron chi connectivity index (χ3n) is 3.11. The summed E-state index contributed by atoms with van der Waals surface area (Å²) in [6.07, 6.45) is 0. The van der Waals surface area contributed by atoms with Crippen LogP contribution in [0.25, 0.3) is 0 Å². The number of benzene rings is 1. The third-order valence-corrected chi connectivity index (χ3v) is 3.11. The maximum Gasteiger partial charge on any atom is 0.0367 e. The van der Waals surface area contributed by atoms with E-state index < -0.39 is 0 Å². The number of hydrogen-bond donors (Lipinski definition) is 2. The van der Waals surface area contributed by atoms with Crippen molar-refractivity contribution in [2.45, 2.75) is 40.2 Å². The first-order valence-corrected chi connectivity index (χ1v) is 7.30. The van der Waals surface area contributed by atoms with Crippen LogP contribution >= 0.6 is 0 Å². The molecule has 0 aromatic heterocycles. The smallest absolute Gasteiger partial charge is 0.0367 e. The van der Waals surface area contributed by atoms with Gasteiger partial charge in [0.2, 0.25) is 0 Å². The topological polar surface area (TPSA) is 27.3 Å². The normalized spacial score (nSPS) is 11.4. The zero-order chi connectivity index (χ0) is 14.3. The van der Waals surface area contributed by atoms with Crippen molar-refractivity contribution in [3.8, 4) is 0 Å². The van der Waals surface area contributed by atoms with E-state index in [0.29, 0.717) is 0 Å². The Kier molecular flexibility index (Phi) is 6.16. The SMILES string of the molecule is CCN(CC)c1ccc(NCCNC(C)(C)C)cc1. The van der Waals surface area contributed by atoms with Gasteiger partial charge in [-0.2, -0.15) is 0 Å². The predicted molar refractivity (Wildman–Crippen MR) is 86.2 cm³/mol. The zero-order valence-electron chi connectivity index (χ0n) is 13.1. The Morgan fingerprint density at radius 1 is 0.947 bits per heavy atom. The van der Waals surface area contributed by atoms with Gasteiger partial charge in [0.25, 0.3) is 0 Å². The summed E-state index contributed by atoms with van der Waals surface area (Å²) >= 11 is 0. The van der Waals surface area contributed by atoms with E-state index in [-0.39, 0.29) is 5.54 Å². The molecule has 3 heteroatoms. The van der Waals surface area contributed by atoms with Crippen LogP contribution in [-0.4, -0.2) is 31.7 Å². The number of hydrogen-bond acceptors (Lipinski definition) is 3. The Morgan fingerprint density at radius 2 is 1.53 bits per heavy atom. The highest BCUT2D eigenvalue weighted by Gasteiger charge is 2.07. The Balaban J connectivity index is 2.40. The molecule has 0 fully saturated rings. The van der Waals surface area contributed by atoms with Crippen LogP contribution in [0, 0.1) is 0 Å². The van der Waals surface area contributed by atoms with Gasteiger partial charge in [0.05, 0.1) is 0 Å². The maximum absolute atomic E-state index is 3.47. The van der Waals surface area contributed by atoms with E-state index in [0.717, 1.165) is 26.2 Å². The second-order valence-corrected chi connectivity index (χ2v) is 5.82. The lowest BCUT2D eigenvalue weighted by molar-refractivity contribution is 0.435. The fraction of sp³-hybridized carbons (Fsp3) is 0.625. The quantitative estimate of drug-likeness (QED) is 0.739. The molecule has 0 aliphatic carbocycles. The predicted octanol–water partition coefficient (Wildman–Crippen LogP) is 3.33. The largest absolute Gasteiger partial charge is 0.384 e. The first-order chi connectivity index (χ1) is 8.96. The third kappa shape index (κ3) is 5.97. The fourth-order valence-corrected chi connectivity index (χ4v) is 2.02. The van der Waals surface area contributed by atoms with Crippen molar-refractivity contribution >= 4 is 11.4 Å². The summed E-state index contributed by atoms with van der Waals surface area (Å²) in [6, 6.07) is 8.69. The van der Waals surface area contributed by atoms with Crippen LogP contribution in [0.4, 0.5) is 11.4 Å². The van der Waals surface area contributed by atoms with Crippen LogP contribution in [0.5, 0.6) is 0 Å². The average Bonchev–Trinajstić information content (AvgIpc) is 2.37. The molecule has 0 atom stereocenters. The summed E-state index contributed by atoms with van der Waals surface area (Å²) < 4.78 is 0. The van der Waals surface area contributed by atoms with Gasteiger partial charge >= 0.3 is 0 Å². The van der Waals surface area contributed by atoms with Crippen LogP contribution in [0.2, 0.25) is 0 Å². The summed E-state index contributed by atoms with van der Waals surface area (Å²) in [5.41, 5.74) is 2.67. The van der Waals surface area contributed by atoms with Crippen molar-refractivity contribution in [3.05, 3.63) is 24.3 Å². The first-order valence-electron chi connectivity index (χ1n) is 7.30. The monoisotopic (exact) mass is 263 g/mol. The van der Waals surface area contributed by atoms with E-state index in [4.69, 9.17) is 0 Å². The molecule has 0 spiro atoms. The number of nitrogens with one attached hydrogen (secondary N) is 2. The molecule has 0 saturated carbocycles. The molecule has 1 rings (SSSR count). The van der Waals surface area contributed by atoms with Crippen molar-refractivity contribution in [1.82, 2.24) is 5.32 Å². The Bertz CT molecular complexity index is 347. The highest BCUT2D eigenvalue weighted by Crippen LogP contribution is 2.17. The van der Waals surface area contributed by atoms with Crippen molar-refractivity contribution in [1.29, 1.82) is 0 Å². The van der Waals surface area contributed by atoms with Crippen LogP contribution in [0.1, 0.15) is 34.6 Å². The molecule has 0 heterocycles. The molecule has 1 aromatic carbocycles. The second-order valence-electron chi connectivity index (χ2n) is 5.82. The molecule has 0 amide bonds. The Labute approximate surface area is 118 Å². The van der Waals surface area contributed by atoms with Gasteiger partial charge < -0.3 is 15.5 Å². The summed E-state index contributed by atoms with van der Waals surface area (Å²) in [4.78, 5) is 2.35. The summed E-state index contributed by atoms with van der Waals surface area (Å²) in [5.74, 6) is 0. The number of anilines is 2. The highest BCUT2D eigenvalue weighted by atomic mass is 15.1. The molecular formula is C16H29N3. The lowest BCUT2D eigenvalue weighted by Crippen LogP contribution is -2.38. The lowest BCUT2D eigenvalue weighted by Gasteiger charge is -2.22. The molecule has 0 saturated heterocycles. The summed E-state index contributed by atoms with van der Waals surface area (Å²) in [5, 5.41) is 6.91. The van der Waals surface area contributed by atoms with Crippen LogP contribution < -0.4 is 15.5 Å². The molecule has 0 aliphatic heterocycles. The molecule has 0 bridgehead atoms. The van der Waals surface area contributed by atoms with Gasteiger partial charge in [0, 0.05) is 43.1 Å². The van der Waals surface area contributed by atoms with Gasteiger partial charge in [-0.1, -0.05) is 0 Å². The van der Waals surface area contributed by atoms with Gasteiger partial charge in [0.15, 0.2) is 0 Å². The van der Waals surface area contributed by atoms with Crippen molar-refractivity contribution in [3.63, 3.8) is 0 Å². The van der Waals surface area contributed by atoms with E-state index >= 15 is 0 Å². The van der Waals surface area contributed by atoms with Crippen LogP contribution in [0.3, 0.4) is 0 Å². The highest BCUT2D eigenvalue weighted by molar-refractivity contribution is 5.55. The molecule has 2 N–H and O–H groups in total. The van der Waals surface area contributed by atoms with Crippen LogP contribution in [-0.2, 0) is 0 Å². The molecule has 108 valence electrons. The van der Waals surface area contributed by atoms with Gasteiger partial charge in [-0.25, -0.2) is 0 Å². The van der Waals surface area contributed by atoms with Gasteiger partial charge in [-0.05, 0) is 58.9 Å². The molecular weight excluding hydrogens is 234 g/mol. The minimum atomic E-state index is 0.189. The molecule has 3 nitrogen and oxygen atoms in total. The zero-order valence-corrected chi connectivity index (χ0v) is 13.1. The van der Waals surface area contributed by atoms with E-state index in [1.165, 1.54) is 11.4 Å².